The van der Waals surface area contributed by atoms with Crippen LogP contribution in [0.2, 0.25) is 0 Å². The third kappa shape index (κ3) is 5.75. The molecule has 37 heavy (non-hydrogen) atoms. The molecule has 1 aliphatic carbocycles. The molecule has 6 rings (SSSR count). The Balaban J connectivity index is 1.20. The first-order chi connectivity index (χ1) is 17.9. The Hall–Kier alpha value is -3.11. The first-order valence-electron chi connectivity index (χ1n) is 13.1. The van der Waals surface area contributed by atoms with Gasteiger partial charge in [-0.15, -0.1) is 0 Å². The van der Waals surface area contributed by atoms with Crippen LogP contribution >= 0.6 is 11.8 Å². The molecule has 194 valence electrons. The highest BCUT2D eigenvalue weighted by molar-refractivity contribution is 7.99. The third-order valence-electron chi connectivity index (χ3n) is 7.71. The van der Waals surface area contributed by atoms with Crippen LogP contribution in [-0.4, -0.2) is 64.2 Å². The second-order valence-electron chi connectivity index (χ2n) is 10.8. The van der Waals surface area contributed by atoms with Crippen molar-refractivity contribution < 1.29 is 4.79 Å². The Morgan fingerprint density at radius 1 is 1.05 bits per heavy atom. The summed E-state index contributed by atoms with van der Waals surface area (Å²) in [5, 5.41) is 14.3. The number of amides is 1. The van der Waals surface area contributed by atoms with Gasteiger partial charge >= 0.3 is 0 Å². The summed E-state index contributed by atoms with van der Waals surface area (Å²) in [6.45, 7) is 6.39. The van der Waals surface area contributed by atoms with Gasteiger partial charge in [-0.2, -0.15) is 5.10 Å². The van der Waals surface area contributed by atoms with Gasteiger partial charge in [0.1, 0.15) is 11.6 Å². The first-order valence-corrected chi connectivity index (χ1v) is 14.0. The SMILES string of the molecule is Cc1cc(Nc2cc(N3CCC4(CCN(C)C4)CC3)nc(Sc3ccc(NC(=O)C4CC4)cc3)n2)n[nH]1. The fraction of sp³-hybridized carbons (Fsp3) is 0.481. The van der Waals surface area contributed by atoms with E-state index in [0.29, 0.717) is 10.6 Å². The number of aromatic amines is 1. The molecule has 1 spiro atoms. The average molecular weight is 519 g/mol. The lowest BCUT2D eigenvalue weighted by Crippen LogP contribution is -2.41. The molecule has 3 aromatic rings. The van der Waals surface area contributed by atoms with E-state index in [1.54, 1.807) is 0 Å². The van der Waals surface area contributed by atoms with Gasteiger partial charge in [-0.1, -0.05) is 0 Å². The van der Waals surface area contributed by atoms with E-state index in [1.807, 2.05) is 43.3 Å². The summed E-state index contributed by atoms with van der Waals surface area (Å²) in [5.74, 6) is 2.72. The molecule has 1 amide bonds. The molecule has 0 atom stereocenters. The smallest absolute Gasteiger partial charge is 0.227 e. The molecule has 3 N–H and O–H groups in total. The molecule has 10 heteroatoms. The Kier molecular flexibility index (Phi) is 6.54. The molecule has 4 heterocycles. The predicted molar refractivity (Wildman–Crippen MR) is 147 cm³/mol. The summed E-state index contributed by atoms with van der Waals surface area (Å²) in [6.07, 6.45) is 5.68. The monoisotopic (exact) mass is 518 g/mol. The van der Waals surface area contributed by atoms with Gasteiger partial charge in [0.15, 0.2) is 11.0 Å². The van der Waals surface area contributed by atoms with Gasteiger partial charge in [-0.25, -0.2) is 9.97 Å². The minimum Gasteiger partial charge on any atom is -0.356 e. The number of nitrogens with one attached hydrogen (secondary N) is 3. The van der Waals surface area contributed by atoms with Crippen molar-refractivity contribution in [2.24, 2.45) is 11.3 Å². The number of anilines is 4. The number of carbonyl (C=O) groups excluding carboxylic acids is 1. The zero-order valence-corrected chi connectivity index (χ0v) is 22.3. The Bertz CT molecular complexity index is 1260. The molecule has 2 saturated heterocycles. The zero-order valence-electron chi connectivity index (χ0n) is 21.5. The lowest BCUT2D eigenvalue weighted by molar-refractivity contribution is -0.117. The van der Waals surface area contributed by atoms with Gasteiger partial charge in [0.25, 0.3) is 0 Å². The second kappa shape index (κ2) is 9.98. The van der Waals surface area contributed by atoms with Crippen LogP contribution in [0.1, 0.15) is 37.8 Å². The fourth-order valence-electron chi connectivity index (χ4n) is 5.38. The van der Waals surface area contributed by atoms with Crippen molar-refractivity contribution in [1.29, 1.82) is 0 Å². The highest BCUT2D eigenvalue weighted by Gasteiger charge is 2.39. The maximum Gasteiger partial charge on any atom is 0.227 e. The maximum atomic E-state index is 12.1. The summed E-state index contributed by atoms with van der Waals surface area (Å²) < 4.78 is 0. The van der Waals surface area contributed by atoms with Crippen LogP contribution in [0, 0.1) is 18.3 Å². The van der Waals surface area contributed by atoms with Gasteiger partial charge in [0, 0.05) is 54.0 Å². The van der Waals surface area contributed by atoms with E-state index in [1.165, 1.54) is 44.1 Å². The van der Waals surface area contributed by atoms with Crippen LogP contribution in [0.5, 0.6) is 0 Å². The number of H-pyrrole nitrogens is 1. The van der Waals surface area contributed by atoms with Crippen LogP contribution in [0.3, 0.4) is 0 Å². The van der Waals surface area contributed by atoms with Crippen LogP contribution in [0.4, 0.5) is 23.1 Å². The highest BCUT2D eigenvalue weighted by Crippen LogP contribution is 2.41. The molecular weight excluding hydrogens is 484 g/mol. The average Bonchev–Trinajstić information content (AvgIpc) is 3.58. The lowest BCUT2D eigenvalue weighted by Gasteiger charge is -2.39. The number of rotatable bonds is 7. The maximum absolute atomic E-state index is 12.1. The Labute approximate surface area is 221 Å². The molecule has 1 aromatic carbocycles. The number of hydrogen-bond donors (Lipinski definition) is 3. The summed E-state index contributed by atoms with van der Waals surface area (Å²) in [7, 11) is 2.23. The van der Waals surface area contributed by atoms with Crippen molar-refractivity contribution in [3.63, 3.8) is 0 Å². The Morgan fingerprint density at radius 3 is 2.46 bits per heavy atom. The molecule has 3 fully saturated rings. The van der Waals surface area contributed by atoms with Crippen molar-refractivity contribution in [2.45, 2.75) is 49.1 Å². The number of aryl methyl sites for hydroxylation is 1. The summed E-state index contributed by atoms with van der Waals surface area (Å²) in [5.41, 5.74) is 2.27. The topological polar surface area (TPSA) is 102 Å². The van der Waals surface area contributed by atoms with Gasteiger partial charge < -0.3 is 20.4 Å². The van der Waals surface area contributed by atoms with Crippen molar-refractivity contribution in [3.8, 4) is 0 Å². The van der Waals surface area contributed by atoms with Gasteiger partial charge in [-0.3, -0.25) is 9.89 Å². The second-order valence-corrected chi connectivity index (χ2v) is 11.9. The lowest BCUT2D eigenvalue weighted by atomic mass is 9.78. The molecule has 0 unspecified atom stereocenters. The minimum atomic E-state index is 0.119. The number of benzene rings is 1. The van der Waals surface area contributed by atoms with Gasteiger partial charge in [-0.05, 0) is 94.1 Å². The first kappa shape index (κ1) is 24.2. The van der Waals surface area contributed by atoms with E-state index < -0.39 is 0 Å². The van der Waals surface area contributed by atoms with Crippen molar-refractivity contribution in [1.82, 2.24) is 25.1 Å². The van der Waals surface area contributed by atoms with Crippen LogP contribution in [-0.2, 0) is 4.79 Å². The molecule has 3 aliphatic rings. The predicted octanol–water partition coefficient (Wildman–Crippen LogP) is 4.67. The van der Waals surface area contributed by atoms with E-state index in [2.05, 4.69) is 37.7 Å². The van der Waals surface area contributed by atoms with E-state index in [0.717, 1.165) is 59.7 Å². The molecule has 1 saturated carbocycles. The molecule has 9 nitrogen and oxygen atoms in total. The zero-order chi connectivity index (χ0) is 25.4. The van der Waals surface area contributed by atoms with E-state index in [-0.39, 0.29) is 11.8 Å². The number of likely N-dealkylation sites (tertiary alicyclic amines) is 1. The number of nitrogens with zero attached hydrogens (tertiary/aromatic N) is 5. The number of carbonyl (C=O) groups is 1. The van der Waals surface area contributed by atoms with Crippen molar-refractivity contribution in [3.05, 3.63) is 42.1 Å². The fourth-order valence-corrected chi connectivity index (χ4v) is 6.14. The van der Waals surface area contributed by atoms with Crippen LogP contribution in [0.15, 0.2) is 46.5 Å². The van der Waals surface area contributed by atoms with Crippen LogP contribution in [0.25, 0.3) is 0 Å². The largest absolute Gasteiger partial charge is 0.356 e. The molecule has 0 radical (unpaired) electrons. The third-order valence-corrected chi connectivity index (χ3v) is 8.58. The summed E-state index contributed by atoms with van der Waals surface area (Å²) in [4.78, 5) is 27.7. The Morgan fingerprint density at radius 2 is 1.81 bits per heavy atom. The van der Waals surface area contributed by atoms with E-state index in [4.69, 9.17) is 9.97 Å². The molecule has 2 aliphatic heterocycles. The minimum absolute atomic E-state index is 0.119. The van der Waals surface area contributed by atoms with Gasteiger partial charge in [0.2, 0.25) is 5.91 Å². The van der Waals surface area contributed by atoms with Gasteiger partial charge in [0.05, 0.1) is 0 Å². The van der Waals surface area contributed by atoms with E-state index in [9.17, 15) is 4.79 Å². The molecule has 0 bridgehead atoms. The normalized spacial score (nSPS) is 19.4. The van der Waals surface area contributed by atoms with Crippen LogP contribution < -0.4 is 15.5 Å². The molecular formula is C27H34N8OS. The molecule has 2 aromatic heterocycles. The number of piperidine rings is 1. The van der Waals surface area contributed by atoms with E-state index >= 15 is 0 Å². The summed E-state index contributed by atoms with van der Waals surface area (Å²) in [6, 6.07) is 11.9. The highest BCUT2D eigenvalue weighted by atomic mass is 32.2. The summed E-state index contributed by atoms with van der Waals surface area (Å²) >= 11 is 1.52. The van der Waals surface area contributed by atoms with Crippen molar-refractivity contribution >= 4 is 40.8 Å². The number of hydrogen-bond acceptors (Lipinski definition) is 8. The van der Waals surface area contributed by atoms with Crippen molar-refractivity contribution in [2.75, 3.05) is 48.8 Å². The standard InChI is InChI=1S/C27H34N8OS/c1-18-15-23(33-32-18)29-22-16-24(35-13-10-27(11-14-35)9-12-34(2)17-27)31-26(30-22)37-21-7-5-20(6-8-21)28-25(36)19-3-4-19/h5-8,15-16,19H,3-4,9-14,17H2,1-2H3,(H,28,36)(H2,29,30,31,32,33). The quantitative estimate of drug-likeness (QED) is 0.388. The number of aromatic nitrogens is 4.